The van der Waals surface area contributed by atoms with Crippen molar-refractivity contribution < 1.29 is 14.3 Å². The van der Waals surface area contributed by atoms with Gasteiger partial charge in [-0.05, 0) is 24.6 Å². The third-order valence-electron chi connectivity index (χ3n) is 2.87. The fraction of sp³-hybridized carbons (Fsp3) is 0.308. The third-order valence-corrected chi connectivity index (χ3v) is 2.87. The van der Waals surface area contributed by atoms with Gasteiger partial charge >= 0.3 is 5.97 Å². The minimum absolute atomic E-state index is 0.0431. The van der Waals surface area contributed by atoms with E-state index < -0.39 is 0 Å². The van der Waals surface area contributed by atoms with Crippen molar-refractivity contribution in [3.8, 4) is 5.75 Å². The summed E-state index contributed by atoms with van der Waals surface area (Å²) in [5.74, 6) is 0.457. The molecule has 0 N–H and O–H groups in total. The first-order chi connectivity index (χ1) is 7.63. The molecule has 3 nitrogen and oxygen atoms in total. The Morgan fingerprint density at radius 1 is 1.31 bits per heavy atom. The van der Waals surface area contributed by atoms with Crippen molar-refractivity contribution in [3.05, 3.63) is 42.0 Å². The van der Waals surface area contributed by atoms with Crippen molar-refractivity contribution in [1.82, 2.24) is 0 Å². The van der Waals surface area contributed by atoms with Crippen LogP contribution in [0.25, 0.3) is 0 Å². The number of benzene rings is 1. The highest BCUT2D eigenvalue weighted by Crippen LogP contribution is 2.35. The van der Waals surface area contributed by atoms with Crippen molar-refractivity contribution >= 4 is 5.97 Å². The van der Waals surface area contributed by atoms with Crippen molar-refractivity contribution in [2.24, 2.45) is 0 Å². The number of methoxy groups -OCH3 is 1. The SMILES string of the molecule is C=C1C(=O)O[C@@H](C)[C@@H]1c1ccc(OC)cc1. The minimum atomic E-state index is -0.298. The summed E-state index contributed by atoms with van der Waals surface area (Å²) in [6.45, 7) is 5.66. The molecule has 0 radical (unpaired) electrons. The summed E-state index contributed by atoms with van der Waals surface area (Å²) in [6, 6.07) is 7.62. The zero-order valence-electron chi connectivity index (χ0n) is 9.40. The van der Waals surface area contributed by atoms with Crippen molar-refractivity contribution in [1.29, 1.82) is 0 Å². The number of cyclic esters (lactones) is 1. The average Bonchev–Trinajstić information content (AvgIpc) is 2.54. The van der Waals surface area contributed by atoms with E-state index in [0.29, 0.717) is 5.57 Å². The van der Waals surface area contributed by atoms with Crippen LogP contribution in [0, 0.1) is 0 Å². The number of hydrogen-bond donors (Lipinski definition) is 0. The van der Waals surface area contributed by atoms with Crippen LogP contribution in [-0.4, -0.2) is 19.2 Å². The molecule has 84 valence electrons. The molecule has 1 saturated heterocycles. The van der Waals surface area contributed by atoms with Gasteiger partial charge < -0.3 is 9.47 Å². The molecular weight excluding hydrogens is 204 g/mol. The lowest BCUT2D eigenvalue weighted by atomic mass is 9.90. The number of carbonyl (C=O) groups is 1. The molecule has 0 amide bonds. The molecule has 1 fully saturated rings. The molecule has 1 aromatic rings. The van der Waals surface area contributed by atoms with Gasteiger partial charge in [0.15, 0.2) is 0 Å². The van der Waals surface area contributed by atoms with Gasteiger partial charge in [-0.1, -0.05) is 18.7 Å². The lowest BCUT2D eigenvalue weighted by Gasteiger charge is -2.13. The minimum Gasteiger partial charge on any atom is -0.497 e. The van der Waals surface area contributed by atoms with Crippen LogP contribution in [0.5, 0.6) is 5.75 Å². The third kappa shape index (κ3) is 1.69. The highest BCUT2D eigenvalue weighted by atomic mass is 16.5. The molecule has 0 bridgehead atoms. The maximum absolute atomic E-state index is 11.3. The summed E-state index contributed by atoms with van der Waals surface area (Å²) in [5, 5.41) is 0. The van der Waals surface area contributed by atoms with Gasteiger partial charge in [-0.25, -0.2) is 4.79 Å². The molecule has 0 aromatic heterocycles. The molecule has 0 saturated carbocycles. The van der Waals surface area contributed by atoms with Gasteiger partial charge in [-0.3, -0.25) is 0 Å². The maximum Gasteiger partial charge on any atom is 0.334 e. The van der Waals surface area contributed by atoms with Crippen molar-refractivity contribution in [2.45, 2.75) is 18.9 Å². The van der Waals surface area contributed by atoms with E-state index in [4.69, 9.17) is 9.47 Å². The lowest BCUT2D eigenvalue weighted by Crippen LogP contribution is -2.09. The molecular formula is C13H14O3. The largest absolute Gasteiger partial charge is 0.497 e. The Bertz CT molecular complexity index is 419. The summed E-state index contributed by atoms with van der Waals surface area (Å²) in [5.41, 5.74) is 1.56. The number of carbonyl (C=O) groups excluding carboxylic acids is 1. The summed E-state index contributed by atoms with van der Waals surface area (Å²) >= 11 is 0. The summed E-state index contributed by atoms with van der Waals surface area (Å²) in [7, 11) is 1.62. The van der Waals surface area contributed by atoms with Crippen molar-refractivity contribution in [2.75, 3.05) is 7.11 Å². The molecule has 0 unspecified atom stereocenters. The molecule has 0 aliphatic carbocycles. The molecule has 16 heavy (non-hydrogen) atoms. The van der Waals surface area contributed by atoms with Gasteiger partial charge in [0.2, 0.25) is 0 Å². The maximum atomic E-state index is 11.3. The quantitative estimate of drug-likeness (QED) is 0.564. The van der Waals surface area contributed by atoms with Crippen LogP contribution in [0.15, 0.2) is 36.4 Å². The van der Waals surface area contributed by atoms with Crippen LogP contribution in [0.1, 0.15) is 18.4 Å². The second-order valence-corrected chi connectivity index (χ2v) is 3.89. The standard InChI is InChI=1S/C13H14O3/c1-8-12(9(2)16-13(8)14)10-4-6-11(15-3)7-5-10/h4-7,9,12H,1H2,2-3H3/t9-,12+/m0/s1. The predicted octanol–water partition coefficient (Wildman–Crippen LogP) is 2.28. The van der Waals surface area contributed by atoms with Crippen LogP contribution in [0.2, 0.25) is 0 Å². The highest BCUT2D eigenvalue weighted by molar-refractivity contribution is 5.92. The Balaban J connectivity index is 2.29. The second kappa shape index (κ2) is 4.00. The van der Waals surface area contributed by atoms with Gasteiger partial charge in [-0.2, -0.15) is 0 Å². The van der Waals surface area contributed by atoms with E-state index in [2.05, 4.69) is 6.58 Å². The summed E-state index contributed by atoms with van der Waals surface area (Å²) < 4.78 is 10.2. The van der Waals surface area contributed by atoms with E-state index >= 15 is 0 Å². The predicted molar refractivity (Wildman–Crippen MR) is 60.4 cm³/mol. The van der Waals surface area contributed by atoms with Gasteiger partial charge in [0, 0.05) is 5.57 Å². The molecule has 1 aliphatic heterocycles. The first-order valence-corrected chi connectivity index (χ1v) is 5.17. The summed E-state index contributed by atoms with van der Waals surface area (Å²) in [4.78, 5) is 11.3. The van der Waals surface area contributed by atoms with E-state index in [1.165, 1.54) is 0 Å². The number of rotatable bonds is 2. The topological polar surface area (TPSA) is 35.5 Å². The zero-order chi connectivity index (χ0) is 11.7. The van der Waals surface area contributed by atoms with Gasteiger partial charge in [-0.15, -0.1) is 0 Å². The average molecular weight is 218 g/mol. The first kappa shape index (κ1) is 10.7. The van der Waals surface area contributed by atoms with Gasteiger partial charge in [0.1, 0.15) is 11.9 Å². The van der Waals surface area contributed by atoms with E-state index in [9.17, 15) is 4.79 Å². The second-order valence-electron chi connectivity index (χ2n) is 3.89. The molecule has 1 aliphatic rings. The Morgan fingerprint density at radius 2 is 1.94 bits per heavy atom. The van der Waals surface area contributed by atoms with Crippen LogP contribution < -0.4 is 4.74 Å². The molecule has 2 rings (SSSR count). The van der Waals surface area contributed by atoms with Gasteiger partial charge in [0.25, 0.3) is 0 Å². The smallest absolute Gasteiger partial charge is 0.334 e. The Kier molecular flexibility index (Phi) is 2.69. The number of hydrogen-bond acceptors (Lipinski definition) is 3. The molecule has 1 heterocycles. The fourth-order valence-electron chi connectivity index (χ4n) is 2.01. The Labute approximate surface area is 94.7 Å². The van der Waals surface area contributed by atoms with Crippen LogP contribution in [-0.2, 0) is 9.53 Å². The fourth-order valence-corrected chi connectivity index (χ4v) is 2.01. The van der Waals surface area contributed by atoms with E-state index in [-0.39, 0.29) is 18.0 Å². The van der Waals surface area contributed by atoms with Crippen LogP contribution in [0.3, 0.4) is 0 Å². The Hall–Kier alpha value is -1.77. The first-order valence-electron chi connectivity index (χ1n) is 5.17. The van der Waals surface area contributed by atoms with E-state index in [0.717, 1.165) is 11.3 Å². The molecule has 0 spiro atoms. The number of ether oxygens (including phenoxy) is 2. The summed E-state index contributed by atoms with van der Waals surface area (Å²) in [6.07, 6.45) is -0.145. The van der Waals surface area contributed by atoms with E-state index in [1.54, 1.807) is 7.11 Å². The van der Waals surface area contributed by atoms with Crippen LogP contribution in [0.4, 0.5) is 0 Å². The zero-order valence-corrected chi connectivity index (χ0v) is 9.40. The normalized spacial score (nSPS) is 24.4. The number of esters is 1. The monoisotopic (exact) mass is 218 g/mol. The lowest BCUT2D eigenvalue weighted by molar-refractivity contribution is -0.138. The van der Waals surface area contributed by atoms with Crippen molar-refractivity contribution in [3.63, 3.8) is 0 Å². The highest BCUT2D eigenvalue weighted by Gasteiger charge is 2.36. The Morgan fingerprint density at radius 3 is 2.38 bits per heavy atom. The van der Waals surface area contributed by atoms with Crippen LogP contribution >= 0.6 is 0 Å². The van der Waals surface area contributed by atoms with Gasteiger partial charge in [0.05, 0.1) is 13.0 Å². The molecule has 1 aromatic carbocycles. The molecule has 2 atom stereocenters. The molecule has 3 heteroatoms. The van der Waals surface area contributed by atoms with E-state index in [1.807, 2.05) is 31.2 Å².